The zero-order chi connectivity index (χ0) is 21.3. The first-order valence-corrected chi connectivity index (χ1v) is 10.6. The van der Waals surface area contributed by atoms with Gasteiger partial charge in [-0.15, -0.1) is 11.3 Å². The first kappa shape index (κ1) is 20.1. The molecular weight excluding hydrogens is 404 g/mol. The highest BCUT2D eigenvalue weighted by atomic mass is 32.1. The number of aromatic nitrogens is 1. The molecule has 8 nitrogen and oxygen atoms in total. The molecule has 2 heterocycles. The Bertz CT molecular complexity index is 1140. The van der Waals surface area contributed by atoms with E-state index in [0.717, 1.165) is 41.6 Å². The molecule has 3 N–H and O–H groups in total. The highest BCUT2D eigenvalue weighted by molar-refractivity contribution is 7.21. The summed E-state index contributed by atoms with van der Waals surface area (Å²) in [5, 5.41) is 14.5. The van der Waals surface area contributed by atoms with Gasteiger partial charge in [0.1, 0.15) is 15.5 Å². The molecule has 4 rings (SSSR count). The lowest BCUT2D eigenvalue weighted by Gasteiger charge is -2.12. The number of nitrogen functional groups attached to an aromatic ring is 1. The van der Waals surface area contributed by atoms with E-state index in [1.165, 1.54) is 55.1 Å². The van der Waals surface area contributed by atoms with Gasteiger partial charge in [0.25, 0.3) is 11.6 Å². The van der Waals surface area contributed by atoms with E-state index in [1.807, 2.05) is 0 Å². The molecular formula is C21H22N4O4S. The summed E-state index contributed by atoms with van der Waals surface area (Å²) >= 11 is 1.26. The van der Waals surface area contributed by atoms with Crippen molar-refractivity contribution in [3.8, 4) is 5.75 Å². The normalized spacial score (nSPS) is 13.9. The van der Waals surface area contributed by atoms with Crippen LogP contribution in [-0.2, 0) is 12.8 Å². The number of methoxy groups -OCH3 is 1. The molecule has 0 unspecified atom stereocenters. The van der Waals surface area contributed by atoms with Crippen LogP contribution in [-0.4, -0.2) is 22.9 Å². The number of amides is 1. The molecule has 9 heteroatoms. The fraction of sp³-hybridized carbons (Fsp3) is 0.333. The molecule has 0 radical (unpaired) electrons. The minimum atomic E-state index is -0.518. The van der Waals surface area contributed by atoms with Crippen LogP contribution >= 0.6 is 11.3 Å². The lowest BCUT2D eigenvalue weighted by molar-refractivity contribution is -0.384. The van der Waals surface area contributed by atoms with Crippen molar-refractivity contribution >= 4 is 44.5 Å². The number of anilines is 2. The van der Waals surface area contributed by atoms with Gasteiger partial charge in [0, 0.05) is 17.1 Å². The molecule has 0 bridgehead atoms. The number of rotatable bonds is 4. The maximum Gasteiger partial charge on any atom is 0.273 e. The summed E-state index contributed by atoms with van der Waals surface area (Å²) in [4.78, 5) is 29.3. The SMILES string of the molecule is COc1cc([N+](=O)[O-])ccc1NC(=O)c1sc2nc3c(cc2c1N)CCCCCC3. The number of carbonyl (C=O) groups is 1. The lowest BCUT2D eigenvalue weighted by Crippen LogP contribution is -2.12. The molecule has 0 spiro atoms. The second-order valence-electron chi connectivity index (χ2n) is 7.30. The number of non-ortho nitro benzene ring substituents is 1. The van der Waals surface area contributed by atoms with E-state index in [1.54, 1.807) is 0 Å². The molecule has 0 saturated carbocycles. The third-order valence-corrected chi connectivity index (χ3v) is 6.46. The quantitative estimate of drug-likeness (QED) is 0.460. The number of hydrogen-bond donors (Lipinski definition) is 2. The molecule has 0 aliphatic heterocycles. The first-order valence-electron chi connectivity index (χ1n) is 9.82. The maximum atomic E-state index is 12.9. The number of nitro groups is 1. The van der Waals surface area contributed by atoms with E-state index in [2.05, 4.69) is 11.4 Å². The second kappa shape index (κ2) is 8.27. The Morgan fingerprint density at radius 2 is 2.00 bits per heavy atom. The van der Waals surface area contributed by atoms with Crippen molar-refractivity contribution in [2.24, 2.45) is 0 Å². The van der Waals surface area contributed by atoms with Crippen molar-refractivity contribution in [2.45, 2.75) is 38.5 Å². The highest BCUT2D eigenvalue weighted by Crippen LogP contribution is 2.36. The molecule has 2 aromatic heterocycles. The number of nitrogens with one attached hydrogen (secondary N) is 1. The molecule has 1 aromatic carbocycles. The Morgan fingerprint density at radius 1 is 1.23 bits per heavy atom. The van der Waals surface area contributed by atoms with Crippen molar-refractivity contribution in [1.82, 2.24) is 4.98 Å². The average Bonchev–Trinajstić information content (AvgIpc) is 3.03. The van der Waals surface area contributed by atoms with Crippen molar-refractivity contribution in [3.05, 3.63) is 50.5 Å². The molecule has 30 heavy (non-hydrogen) atoms. The van der Waals surface area contributed by atoms with Crippen LogP contribution in [0.4, 0.5) is 17.1 Å². The molecule has 0 atom stereocenters. The van der Waals surface area contributed by atoms with Gasteiger partial charge in [0.2, 0.25) is 0 Å². The molecule has 3 aromatic rings. The van der Waals surface area contributed by atoms with Gasteiger partial charge in [-0.3, -0.25) is 14.9 Å². The Morgan fingerprint density at radius 3 is 2.73 bits per heavy atom. The number of nitrogens with two attached hydrogens (primary N) is 1. The van der Waals surface area contributed by atoms with Crippen molar-refractivity contribution in [2.75, 3.05) is 18.2 Å². The van der Waals surface area contributed by atoms with Crippen molar-refractivity contribution in [1.29, 1.82) is 0 Å². The monoisotopic (exact) mass is 426 g/mol. The van der Waals surface area contributed by atoms with E-state index >= 15 is 0 Å². The molecule has 0 fully saturated rings. The van der Waals surface area contributed by atoms with Gasteiger partial charge in [-0.25, -0.2) is 4.98 Å². The van der Waals surface area contributed by atoms with Gasteiger partial charge in [0.15, 0.2) is 0 Å². The van der Waals surface area contributed by atoms with Crippen LogP contribution in [0, 0.1) is 10.1 Å². The van der Waals surface area contributed by atoms with Crippen molar-refractivity contribution < 1.29 is 14.5 Å². The summed E-state index contributed by atoms with van der Waals surface area (Å²) in [6, 6.07) is 6.11. The zero-order valence-corrected chi connectivity index (χ0v) is 17.4. The smallest absolute Gasteiger partial charge is 0.273 e. The van der Waals surface area contributed by atoms with Crippen LogP contribution < -0.4 is 15.8 Å². The summed E-state index contributed by atoms with van der Waals surface area (Å²) in [6.07, 6.45) is 6.63. The van der Waals surface area contributed by atoms with E-state index in [-0.39, 0.29) is 11.4 Å². The fourth-order valence-electron chi connectivity index (χ4n) is 3.76. The standard InChI is InChI=1S/C21H22N4O4S/c1-29-17-11-13(25(27)28)8-9-16(17)23-20(26)19-18(22)14-10-12-6-4-2-3-5-7-15(12)24-21(14)30-19/h8-11H,2-7,22H2,1H3,(H,23,26). The predicted molar refractivity (Wildman–Crippen MR) is 118 cm³/mol. The van der Waals surface area contributed by atoms with Gasteiger partial charge in [-0.1, -0.05) is 12.8 Å². The van der Waals surface area contributed by atoms with Crippen LogP contribution in [0.15, 0.2) is 24.3 Å². The van der Waals surface area contributed by atoms with E-state index in [9.17, 15) is 14.9 Å². The molecule has 0 saturated heterocycles. The number of pyridine rings is 1. The van der Waals surface area contributed by atoms with Crippen molar-refractivity contribution in [3.63, 3.8) is 0 Å². The Hall–Kier alpha value is -3.20. The Balaban J connectivity index is 1.67. The number of nitrogens with zero attached hydrogens (tertiary/aromatic N) is 2. The second-order valence-corrected chi connectivity index (χ2v) is 8.30. The minimum absolute atomic E-state index is 0.118. The Kier molecular flexibility index (Phi) is 5.54. The molecule has 156 valence electrons. The van der Waals surface area contributed by atoms with E-state index in [4.69, 9.17) is 15.5 Å². The number of nitro benzene ring substituents is 1. The summed E-state index contributed by atoms with van der Waals surface area (Å²) in [6.45, 7) is 0. The number of fused-ring (bicyclic) bond motifs is 2. The summed E-state index contributed by atoms with van der Waals surface area (Å²) in [7, 11) is 1.39. The topological polar surface area (TPSA) is 120 Å². The average molecular weight is 426 g/mol. The number of hydrogen-bond acceptors (Lipinski definition) is 7. The van der Waals surface area contributed by atoms with E-state index in [0.29, 0.717) is 16.3 Å². The molecule has 1 aliphatic rings. The number of aryl methyl sites for hydroxylation is 2. The first-order chi connectivity index (χ1) is 14.5. The van der Waals surface area contributed by atoms with Crippen LogP contribution in [0.25, 0.3) is 10.2 Å². The maximum absolute atomic E-state index is 12.9. The van der Waals surface area contributed by atoms with Gasteiger partial charge >= 0.3 is 0 Å². The largest absolute Gasteiger partial charge is 0.494 e. The fourth-order valence-corrected chi connectivity index (χ4v) is 4.75. The zero-order valence-electron chi connectivity index (χ0n) is 16.6. The predicted octanol–water partition coefficient (Wildman–Crippen LogP) is 4.71. The molecule has 1 amide bonds. The third kappa shape index (κ3) is 3.80. The lowest BCUT2D eigenvalue weighted by atomic mass is 9.96. The summed E-state index contributed by atoms with van der Waals surface area (Å²) < 4.78 is 5.19. The number of benzene rings is 1. The minimum Gasteiger partial charge on any atom is -0.494 e. The Labute approximate surface area is 177 Å². The van der Waals surface area contributed by atoms with Crippen LogP contribution in [0.1, 0.15) is 46.6 Å². The summed E-state index contributed by atoms with van der Waals surface area (Å²) in [5.41, 5.74) is 9.27. The third-order valence-electron chi connectivity index (χ3n) is 5.35. The number of ether oxygens (including phenoxy) is 1. The number of carbonyl (C=O) groups excluding carboxylic acids is 1. The van der Waals surface area contributed by atoms with Gasteiger partial charge in [-0.05, 0) is 43.4 Å². The number of thiophene rings is 1. The van der Waals surface area contributed by atoms with Crippen LogP contribution in [0.2, 0.25) is 0 Å². The summed E-state index contributed by atoms with van der Waals surface area (Å²) in [5.74, 6) is -0.187. The van der Waals surface area contributed by atoms with Gasteiger partial charge in [0.05, 0.1) is 29.5 Å². The van der Waals surface area contributed by atoms with Gasteiger partial charge < -0.3 is 15.8 Å². The van der Waals surface area contributed by atoms with Crippen LogP contribution in [0.3, 0.4) is 0 Å². The highest BCUT2D eigenvalue weighted by Gasteiger charge is 2.21. The van der Waals surface area contributed by atoms with Crippen LogP contribution in [0.5, 0.6) is 5.75 Å². The molecule has 1 aliphatic carbocycles. The van der Waals surface area contributed by atoms with Gasteiger partial charge in [-0.2, -0.15) is 0 Å². The van der Waals surface area contributed by atoms with E-state index < -0.39 is 10.8 Å².